The summed E-state index contributed by atoms with van der Waals surface area (Å²) in [5.74, 6) is 0.917. The molecule has 8 nitrogen and oxygen atoms in total. The van der Waals surface area contributed by atoms with Gasteiger partial charge in [0.15, 0.2) is 11.5 Å². The van der Waals surface area contributed by atoms with Crippen LogP contribution in [0.1, 0.15) is 13.3 Å². The van der Waals surface area contributed by atoms with Crippen LogP contribution in [0.3, 0.4) is 0 Å². The maximum Gasteiger partial charge on any atom is 0.223 e. The van der Waals surface area contributed by atoms with Crippen molar-refractivity contribution in [2.75, 3.05) is 65.1 Å². The molecule has 1 aliphatic heterocycles. The summed E-state index contributed by atoms with van der Waals surface area (Å²) in [5.41, 5.74) is 0.668. The molecule has 8 heteroatoms. The SMILES string of the molecule is COc1ccc(N(CCC(=O)NCCN2CCOCC2)C(C)=O)cc1OC. The number of carbonyl (C=O) groups excluding carboxylic acids is 2. The largest absolute Gasteiger partial charge is 0.493 e. The molecule has 0 aromatic heterocycles. The number of rotatable bonds is 9. The third kappa shape index (κ3) is 6.41. The molecule has 1 saturated heterocycles. The van der Waals surface area contributed by atoms with Gasteiger partial charge in [0.05, 0.1) is 27.4 Å². The van der Waals surface area contributed by atoms with Gasteiger partial charge in [-0.05, 0) is 12.1 Å². The summed E-state index contributed by atoms with van der Waals surface area (Å²) in [6, 6.07) is 5.25. The van der Waals surface area contributed by atoms with Crippen molar-refractivity contribution in [1.82, 2.24) is 10.2 Å². The van der Waals surface area contributed by atoms with Crippen LogP contribution in [0.15, 0.2) is 18.2 Å². The van der Waals surface area contributed by atoms with E-state index in [1.54, 1.807) is 37.3 Å². The van der Waals surface area contributed by atoms with E-state index in [-0.39, 0.29) is 18.2 Å². The maximum absolute atomic E-state index is 12.1. The number of anilines is 1. The van der Waals surface area contributed by atoms with Gasteiger partial charge in [0.1, 0.15) is 0 Å². The van der Waals surface area contributed by atoms with Gasteiger partial charge >= 0.3 is 0 Å². The van der Waals surface area contributed by atoms with Crippen molar-refractivity contribution in [3.63, 3.8) is 0 Å². The van der Waals surface area contributed by atoms with Crippen LogP contribution in [0.25, 0.3) is 0 Å². The molecule has 1 N–H and O–H groups in total. The van der Waals surface area contributed by atoms with Gasteiger partial charge in [-0.25, -0.2) is 0 Å². The fourth-order valence-electron chi connectivity index (χ4n) is 2.94. The van der Waals surface area contributed by atoms with Crippen molar-refractivity contribution in [3.05, 3.63) is 18.2 Å². The lowest BCUT2D eigenvalue weighted by Crippen LogP contribution is -2.42. The minimum Gasteiger partial charge on any atom is -0.493 e. The normalized spacial score (nSPS) is 14.5. The van der Waals surface area contributed by atoms with Crippen molar-refractivity contribution >= 4 is 17.5 Å². The number of nitrogens with one attached hydrogen (secondary N) is 1. The third-order valence-electron chi connectivity index (χ3n) is 4.48. The Morgan fingerprint density at radius 1 is 1.19 bits per heavy atom. The zero-order valence-electron chi connectivity index (χ0n) is 16.3. The van der Waals surface area contributed by atoms with Crippen molar-refractivity contribution in [1.29, 1.82) is 0 Å². The lowest BCUT2D eigenvalue weighted by atomic mass is 10.2. The highest BCUT2D eigenvalue weighted by atomic mass is 16.5. The molecule has 1 aromatic carbocycles. The van der Waals surface area contributed by atoms with Crippen molar-refractivity contribution in [2.24, 2.45) is 0 Å². The monoisotopic (exact) mass is 379 g/mol. The van der Waals surface area contributed by atoms with E-state index >= 15 is 0 Å². The van der Waals surface area contributed by atoms with Crippen LogP contribution in [-0.4, -0.2) is 76.9 Å². The van der Waals surface area contributed by atoms with Crippen LogP contribution in [0.4, 0.5) is 5.69 Å². The maximum atomic E-state index is 12.1. The lowest BCUT2D eigenvalue weighted by molar-refractivity contribution is -0.121. The molecule has 2 amide bonds. The smallest absolute Gasteiger partial charge is 0.223 e. The standard InChI is InChI=1S/C19H29N3O5/c1-15(23)22(16-4-5-17(25-2)18(14-16)26-3)8-6-19(24)20-7-9-21-10-12-27-13-11-21/h4-5,14H,6-13H2,1-3H3,(H,20,24). The topological polar surface area (TPSA) is 80.3 Å². The quantitative estimate of drug-likeness (QED) is 0.687. The van der Waals surface area contributed by atoms with Crippen molar-refractivity contribution < 1.29 is 23.8 Å². The van der Waals surface area contributed by atoms with E-state index < -0.39 is 0 Å². The number of morpholine rings is 1. The molecule has 0 saturated carbocycles. The first kappa shape index (κ1) is 21.0. The Kier molecular flexibility index (Phi) is 8.35. The highest BCUT2D eigenvalue weighted by molar-refractivity contribution is 5.92. The van der Waals surface area contributed by atoms with Crippen LogP contribution in [0, 0.1) is 0 Å². The summed E-state index contributed by atoms with van der Waals surface area (Å²) in [4.78, 5) is 28.0. The molecular formula is C19H29N3O5. The number of ether oxygens (including phenoxy) is 3. The Balaban J connectivity index is 1.85. The van der Waals surface area contributed by atoms with E-state index in [2.05, 4.69) is 10.2 Å². The van der Waals surface area contributed by atoms with Crippen LogP contribution >= 0.6 is 0 Å². The Morgan fingerprint density at radius 2 is 1.89 bits per heavy atom. The minimum absolute atomic E-state index is 0.0741. The minimum atomic E-state index is -0.136. The Hall–Kier alpha value is -2.32. The molecule has 1 fully saturated rings. The number of amides is 2. The first-order valence-corrected chi connectivity index (χ1v) is 9.12. The number of hydrogen-bond donors (Lipinski definition) is 1. The number of benzene rings is 1. The fraction of sp³-hybridized carbons (Fsp3) is 0.579. The first-order chi connectivity index (χ1) is 13.0. The molecule has 0 unspecified atom stereocenters. The highest BCUT2D eigenvalue weighted by Crippen LogP contribution is 2.31. The first-order valence-electron chi connectivity index (χ1n) is 9.12. The molecule has 0 radical (unpaired) electrons. The van der Waals surface area contributed by atoms with Gasteiger partial charge in [-0.3, -0.25) is 14.5 Å². The van der Waals surface area contributed by atoms with Crippen molar-refractivity contribution in [3.8, 4) is 11.5 Å². The second-order valence-electron chi connectivity index (χ2n) is 6.26. The molecule has 1 aromatic rings. The Morgan fingerprint density at radius 3 is 2.52 bits per heavy atom. The van der Waals surface area contributed by atoms with E-state index in [4.69, 9.17) is 14.2 Å². The molecule has 0 atom stereocenters. The summed E-state index contributed by atoms with van der Waals surface area (Å²) in [6.07, 6.45) is 0.233. The molecule has 2 rings (SSSR count). The molecule has 150 valence electrons. The zero-order chi connectivity index (χ0) is 19.6. The van der Waals surface area contributed by atoms with Crippen molar-refractivity contribution in [2.45, 2.75) is 13.3 Å². The van der Waals surface area contributed by atoms with Gasteiger partial charge in [0.25, 0.3) is 0 Å². The lowest BCUT2D eigenvalue weighted by Gasteiger charge is -2.26. The van der Waals surface area contributed by atoms with Crippen LogP contribution in [-0.2, 0) is 14.3 Å². The Bertz CT molecular complexity index is 632. The second kappa shape index (κ2) is 10.7. The third-order valence-corrected chi connectivity index (χ3v) is 4.48. The molecule has 0 bridgehead atoms. The van der Waals surface area contributed by atoms with Gasteiger partial charge in [-0.15, -0.1) is 0 Å². The zero-order valence-corrected chi connectivity index (χ0v) is 16.3. The number of carbonyl (C=O) groups is 2. The molecule has 27 heavy (non-hydrogen) atoms. The predicted molar refractivity (Wildman–Crippen MR) is 102 cm³/mol. The average Bonchev–Trinajstić information content (AvgIpc) is 2.68. The fourth-order valence-corrected chi connectivity index (χ4v) is 2.94. The number of methoxy groups -OCH3 is 2. The molecule has 1 heterocycles. The van der Waals surface area contributed by atoms with E-state index in [0.717, 1.165) is 32.8 Å². The van der Waals surface area contributed by atoms with Gasteiger partial charge < -0.3 is 24.4 Å². The van der Waals surface area contributed by atoms with Crippen LogP contribution in [0.5, 0.6) is 11.5 Å². The highest BCUT2D eigenvalue weighted by Gasteiger charge is 2.16. The summed E-state index contributed by atoms with van der Waals surface area (Å²) < 4.78 is 15.8. The van der Waals surface area contributed by atoms with E-state index in [1.165, 1.54) is 6.92 Å². The van der Waals surface area contributed by atoms with Crippen LogP contribution in [0.2, 0.25) is 0 Å². The summed E-state index contributed by atoms with van der Waals surface area (Å²) in [7, 11) is 3.10. The summed E-state index contributed by atoms with van der Waals surface area (Å²) in [5, 5.41) is 2.91. The Labute approximate surface area is 160 Å². The van der Waals surface area contributed by atoms with Gasteiger partial charge in [0.2, 0.25) is 11.8 Å². The van der Waals surface area contributed by atoms with Crippen LogP contribution < -0.4 is 19.7 Å². The molecular weight excluding hydrogens is 350 g/mol. The van der Waals surface area contributed by atoms with E-state index in [0.29, 0.717) is 30.3 Å². The van der Waals surface area contributed by atoms with Gasteiger partial charge in [-0.1, -0.05) is 0 Å². The van der Waals surface area contributed by atoms with Gasteiger partial charge in [-0.2, -0.15) is 0 Å². The van der Waals surface area contributed by atoms with Gasteiger partial charge in [0, 0.05) is 57.8 Å². The molecule has 0 aliphatic carbocycles. The summed E-state index contributed by atoms with van der Waals surface area (Å²) in [6.45, 7) is 6.46. The van der Waals surface area contributed by atoms with E-state index in [9.17, 15) is 9.59 Å². The average molecular weight is 379 g/mol. The van der Waals surface area contributed by atoms with E-state index in [1.807, 2.05) is 0 Å². The second-order valence-corrected chi connectivity index (χ2v) is 6.26. The summed E-state index contributed by atoms with van der Waals surface area (Å²) >= 11 is 0. The molecule has 1 aliphatic rings. The number of nitrogens with zero attached hydrogens (tertiary/aromatic N) is 2. The predicted octanol–water partition coefficient (Wildman–Crippen LogP) is 0.895. The number of hydrogen-bond acceptors (Lipinski definition) is 6. The molecule has 0 spiro atoms.